The number of ether oxygens (including phenoxy) is 1. The van der Waals surface area contributed by atoms with E-state index in [2.05, 4.69) is 10.00 Å². The summed E-state index contributed by atoms with van der Waals surface area (Å²) in [6.07, 6.45) is 3.28. The van der Waals surface area contributed by atoms with Crippen LogP contribution >= 0.6 is 0 Å². The maximum absolute atomic E-state index is 10.0. The van der Waals surface area contributed by atoms with Gasteiger partial charge in [0.25, 0.3) is 0 Å². The van der Waals surface area contributed by atoms with Crippen molar-refractivity contribution in [3.05, 3.63) is 24.0 Å². The predicted octanol–water partition coefficient (Wildman–Crippen LogP) is 0.748. The lowest BCUT2D eigenvalue weighted by atomic mass is 10.2. The van der Waals surface area contributed by atoms with E-state index < -0.39 is 0 Å². The monoisotopic (exact) mass is 244 g/mol. The average Bonchev–Trinajstić information content (AvgIpc) is 2.83. The fourth-order valence-corrected chi connectivity index (χ4v) is 2.16. The third-order valence-corrected chi connectivity index (χ3v) is 3.07. The molecule has 18 heavy (non-hydrogen) atoms. The largest absolute Gasteiger partial charge is 0.506 e. The Labute approximate surface area is 104 Å². The van der Waals surface area contributed by atoms with Crippen molar-refractivity contribution in [2.45, 2.75) is 0 Å². The molecule has 0 radical (unpaired) electrons. The summed E-state index contributed by atoms with van der Waals surface area (Å²) in [5, 5.41) is 23.0. The first kappa shape index (κ1) is 10.9. The summed E-state index contributed by atoms with van der Waals surface area (Å²) in [6, 6.07) is 3.68. The minimum Gasteiger partial charge on any atom is -0.506 e. The first-order valence-electron chi connectivity index (χ1n) is 5.73. The van der Waals surface area contributed by atoms with Crippen molar-refractivity contribution < 1.29 is 9.84 Å². The Kier molecular flexibility index (Phi) is 2.54. The molecule has 3 heterocycles. The summed E-state index contributed by atoms with van der Waals surface area (Å²) in [4.78, 5) is 2.12. The van der Waals surface area contributed by atoms with E-state index in [1.807, 2.05) is 12.3 Å². The molecule has 0 aliphatic carbocycles. The third kappa shape index (κ3) is 1.65. The van der Waals surface area contributed by atoms with Crippen molar-refractivity contribution in [1.29, 1.82) is 5.26 Å². The molecule has 3 rings (SSSR count). The number of aromatic nitrogens is 2. The van der Waals surface area contributed by atoms with Gasteiger partial charge in [-0.25, -0.2) is 4.52 Å². The van der Waals surface area contributed by atoms with Crippen LogP contribution in [0.15, 0.2) is 18.5 Å². The van der Waals surface area contributed by atoms with Crippen LogP contribution in [0, 0.1) is 11.3 Å². The molecule has 0 atom stereocenters. The van der Waals surface area contributed by atoms with E-state index in [0.717, 1.165) is 18.8 Å². The van der Waals surface area contributed by atoms with E-state index >= 15 is 0 Å². The number of rotatable bonds is 1. The van der Waals surface area contributed by atoms with Crippen LogP contribution in [0.3, 0.4) is 0 Å². The zero-order valence-corrected chi connectivity index (χ0v) is 9.70. The Bertz CT molecular complexity index is 623. The van der Waals surface area contributed by atoms with Crippen LogP contribution in [-0.2, 0) is 4.74 Å². The second-order valence-electron chi connectivity index (χ2n) is 4.15. The zero-order chi connectivity index (χ0) is 12.5. The molecule has 2 aromatic rings. The SMILES string of the molecule is N#Cc1cnn2cc(N3CCOCC3)cc(O)c12. The number of hydrogen-bond acceptors (Lipinski definition) is 5. The highest BCUT2D eigenvalue weighted by molar-refractivity contribution is 5.71. The van der Waals surface area contributed by atoms with E-state index in [1.165, 1.54) is 6.20 Å². The molecule has 0 bridgehead atoms. The molecule has 1 fully saturated rings. The first-order chi connectivity index (χ1) is 8.79. The van der Waals surface area contributed by atoms with Crippen molar-refractivity contribution in [3.8, 4) is 11.8 Å². The molecule has 0 saturated carbocycles. The summed E-state index contributed by atoms with van der Waals surface area (Å²) in [7, 11) is 0. The minimum absolute atomic E-state index is 0.0769. The summed E-state index contributed by atoms with van der Waals surface area (Å²) in [5.74, 6) is 0.0769. The van der Waals surface area contributed by atoms with Gasteiger partial charge in [-0.3, -0.25) is 0 Å². The van der Waals surface area contributed by atoms with Crippen molar-refractivity contribution in [2.75, 3.05) is 31.2 Å². The molecule has 1 N–H and O–H groups in total. The number of morpholine rings is 1. The van der Waals surface area contributed by atoms with Crippen LogP contribution < -0.4 is 4.90 Å². The minimum atomic E-state index is 0.0769. The Balaban J connectivity index is 2.07. The standard InChI is InChI=1S/C12H12N4O2/c13-6-9-7-14-16-8-10(5-11(17)12(9)16)15-1-3-18-4-2-15/h5,7-8,17H,1-4H2. The normalized spacial score (nSPS) is 15.8. The Hall–Kier alpha value is -2.26. The number of fused-ring (bicyclic) bond motifs is 1. The van der Waals surface area contributed by atoms with Gasteiger partial charge in [0, 0.05) is 19.2 Å². The molecule has 0 aromatic carbocycles. The molecular weight excluding hydrogens is 232 g/mol. The molecular formula is C12H12N4O2. The lowest BCUT2D eigenvalue weighted by Crippen LogP contribution is -2.36. The number of nitrogens with zero attached hydrogens (tertiary/aromatic N) is 4. The van der Waals surface area contributed by atoms with E-state index in [-0.39, 0.29) is 5.75 Å². The van der Waals surface area contributed by atoms with Crippen molar-refractivity contribution in [2.24, 2.45) is 0 Å². The maximum atomic E-state index is 10.0. The lowest BCUT2D eigenvalue weighted by molar-refractivity contribution is 0.122. The molecule has 92 valence electrons. The van der Waals surface area contributed by atoms with Crippen molar-refractivity contribution in [3.63, 3.8) is 0 Å². The van der Waals surface area contributed by atoms with Crippen LogP contribution in [0.2, 0.25) is 0 Å². The van der Waals surface area contributed by atoms with Gasteiger partial charge in [0.2, 0.25) is 0 Å². The number of pyridine rings is 1. The molecule has 6 nitrogen and oxygen atoms in total. The van der Waals surface area contributed by atoms with E-state index in [0.29, 0.717) is 24.3 Å². The van der Waals surface area contributed by atoms with E-state index in [9.17, 15) is 5.11 Å². The molecule has 0 unspecified atom stereocenters. The molecule has 1 saturated heterocycles. The second-order valence-corrected chi connectivity index (χ2v) is 4.15. The maximum Gasteiger partial charge on any atom is 0.144 e. The van der Waals surface area contributed by atoms with Gasteiger partial charge in [-0.15, -0.1) is 0 Å². The molecule has 6 heteroatoms. The number of hydrogen-bond donors (Lipinski definition) is 1. The smallest absolute Gasteiger partial charge is 0.144 e. The van der Waals surface area contributed by atoms with Gasteiger partial charge in [-0.2, -0.15) is 10.4 Å². The lowest BCUT2D eigenvalue weighted by Gasteiger charge is -2.28. The molecule has 1 aliphatic rings. The van der Waals surface area contributed by atoms with Gasteiger partial charge in [0.05, 0.1) is 31.3 Å². The zero-order valence-electron chi connectivity index (χ0n) is 9.70. The average molecular weight is 244 g/mol. The van der Waals surface area contributed by atoms with Crippen LogP contribution in [0.1, 0.15) is 5.56 Å². The highest BCUT2D eigenvalue weighted by Gasteiger charge is 2.15. The van der Waals surface area contributed by atoms with E-state index in [4.69, 9.17) is 10.00 Å². The number of nitriles is 1. The molecule has 1 aliphatic heterocycles. The summed E-state index contributed by atoms with van der Waals surface area (Å²) in [5.41, 5.74) is 1.71. The van der Waals surface area contributed by atoms with Gasteiger partial charge in [0.15, 0.2) is 0 Å². The fourth-order valence-electron chi connectivity index (χ4n) is 2.16. The Morgan fingerprint density at radius 3 is 2.89 bits per heavy atom. The van der Waals surface area contributed by atoms with Gasteiger partial charge >= 0.3 is 0 Å². The number of aromatic hydroxyl groups is 1. The number of anilines is 1. The third-order valence-electron chi connectivity index (χ3n) is 3.07. The van der Waals surface area contributed by atoms with Crippen LogP contribution in [0.5, 0.6) is 5.75 Å². The molecule has 0 spiro atoms. The first-order valence-corrected chi connectivity index (χ1v) is 5.73. The summed E-state index contributed by atoms with van der Waals surface area (Å²) < 4.78 is 6.83. The van der Waals surface area contributed by atoms with Gasteiger partial charge in [0.1, 0.15) is 22.9 Å². The van der Waals surface area contributed by atoms with Crippen molar-refractivity contribution in [1.82, 2.24) is 9.61 Å². The highest BCUT2D eigenvalue weighted by Crippen LogP contribution is 2.27. The highest BCUT2D eigenvalue weighted by atomic mass is 16.5. The van der Waals surface area contributed by atoms with E-state index in [1.54, 1.807) is 10.6 Å². The second kappa shape index (κ2) is 4.20. The Morgan fingerprint density at radius 2 is 2.17 bits per heavy atom. The van der Waals surface area contributed by atoms with Crippen LogP contribution in [0.4, 0.5) is 5.69 Å². The summed E-state index contributed by atoms with van der Waals surface area (Å²) in [6.45, 7) is 2.94. The predicted molar refractivity (Wildman–Crippen MR) is 64.6 cm³/mol. The summed E-state index contributed by atoms with van der Waals surface area (Å²) >= 11 is 0. The fraction of sp³-hybridized carbons (Fsp3) is 0.333. The molecule has 2 aromatic heterocycles. The Morgan fingerprint density at radius 1 is 1.39 bits per heavy atom. The quantitative estimate of drug-likeness (QED) is 0.801. The molecule has 0 amide bonds. The topological polar surface area (TPSA) is 73.8 Å². The van der Waals surface area contributed by atoms with Crippen LogP contribution in [0.25, 0.3) is 5.52 Å². The van der Waals surface area contributed by atoms with Gasteiger partial charge in [-0.05, 0) is 0 Å². The van der Waals surface area contributed by atoms with Gasteiger partial charge in [-0.1, -0.05) is 0 Å². The van der Waals surface area contributed by atoms with Crippen LogP contribution in [-0.4, -0.2) is 41.0 Å². The van der Waals surface area contributed by atoms with Gasteiger partial charge < -0.3 is 14.7 Å². The van der Waals surface area contributed by atoms with Crippen molar-refractivity contribution >= 4 is 11.2 Å².